The number of carbonyl (C=O) groups is 1. The molecule has 0 spiro atoms. The highest BCUT2D eigenvalue weighted by Gasteiger charge is 2.26. The van der Waals surface area contributed by atoms with Crippen LogP contribution in [0.2, 0.25) is 0 Å². The number of benzene rings is 2. The molecule has 0 atom stereocenters. The molecular weight excluding hydrogens is 368 g/mol. The van der Waals surface area contributed by atoms with Gasteiger partial charge in [-0.1, -0.05) is 17.4 Å². The molecule has 1 aliphatic rings. The Morgan fingerprint density at radius 3 is 2.70 bits per heavy atom. The van der Waals surface area contributed by atoms with Crippen molar-refractivity contribution in [3.8, 4) is 0 Å². The van der Waals surface area contributed by atoms with Crippen molar-refractivity contribution in [1.82, 2.24) is 4.98 Å². The Morgan fingerprint density at radius 2 is 1.96 bits per heavy atom. The maximum Gasteiger partial charge on any atom is 0.227 e. The zero-order valence-corrected chi connectivity index (χ0v) is 15.7. The van der Waals surface area contributed by atoms with E-state index >= 15 is 0 Å². The summed E-state index contributed by atoms with van der Waals surface area (Å²) < 4.78 is 27.8. The van der Waals surface area contributed by atoms with E-state index in [4.69, 9.17) is 0 Å². The van der Waals surface area contributed by atoms with E-state index in [1.807, 2.05) is 0 Å². The first-order chi connectivity index (χ1) is 13.0. The van der Waals surface area contributed by atoms with Gasteiger partial charge in [-0.3, -0.25) is 4.79 Å². The smallest absolute Gasteiger partial charge is 0.227 e. The van der Waals surface area contributed by atoms with Crippen LogP contribution in [0.25, 0.3) is 10.2 Å². The predicted octanol–water partition coefficient (Wildman–Crippen LogP) is 4.74. The maximum absolute atomic E-state index is 13.6. The molecule has 140 valence electrons. The SMILES string of the molecule is Cc1ccc(NC(=O)C2CCN(c3nc4ccc(F)cc4s3)CC2)cc1F. The molecule has 1 fully saturated rings. The van der Waals surface area contributed by atoms with Gasteiger partial charge in [0.1, 0.15) is 11.6 Å². The van der Waals surface area contributed by atoms with Gasteiger partial charge in [-0.05, 0) is 55.7 Å². The quantitative estimate of drug-likeness (QED) is 0.706. The summed E-state index contributed by atoms with van der Waals surface area (Å²) in [5.74, 6) is -0.780. The van der Waals surface area contributed by atoms with E-state index in [1.54, 1.807) is 25.1 Å². The number of piperidine rings is 1. The minimum Gasteiger partial charge on any atom is -0.348 e. The Hall–Kier alpha value is -2.54. The van der Waals surface area contributed by atoms with E-state index in [9.17, 15) is 13.6 Å². The molecule has 0 aliphatic carbocycles. The normalized spacial score (nSPS) is 15.3. The van der Waals surface area contributed by atoms with E-state index in [-0.39, 0.29) is 23.5 Å². The van der Waals surface area contributed by atoms with Gasteiger partial charge in [0.15, 0.2) is 5.13 Å². The van der Waals surface area contributed by atoms with Crippen LogP contribution in [0.5, 0.6) is 0 Å². The van der Waals surface area contributed by atoms with Gasteiger partial charge in [0.25, 0.3) is 0 Å². The number of amides is 1. The van der Waals surface area contributed by atoms with Gasteiger partial charge in [0, 0.05) is 24.7 Å². The Morgan fingerprint density at radius 1 is 1.19 bits per heavy atom. The molecule has 4 nitrogen and oxygen atoms in total. The average molecular weight is 387 g/mol. The number of halogens is 2. The molecule has 4 rings (SSSR count). The number of aryl methyl sites for hydroxylation is 1. The van der Waals surface area contributed by atoms with Crippen molar-refractivity contribution in [3.63, 3.8) is 0 Å². The van der Waals surface area contributed by atoms with Crippen molar-refractivity contribution < 1.29 is 13.6 Å². The molecule has 1 saturated heterocycles. The number of thiazole rings is 1. The summed E-state index contributed by atoms with van der Waals surface area (Å²) in [6.07, 6.45) is 1.40. The minimum absolute atomic E-state index is 0.0794. The van der Waals surface area contributed by atoms with Crippen LogP contribution in [0, 0.1) is 24.5 Å². The van der Waals surface area contributed by atoms with E-state index < -0.39 is 0 Å². The Labute approximate surface area is 159 Å². The molecule has 27 heavy (non-hydrogen) atoms. The lowest BCUT2D eigenvalue weighted by atomic mass is 9.96. The number of anilines is 2. The van der Waals surface area contributed by atoms with Crippen molar-refractivity contribution in [2.24, 2.45) is 5.92 Å². The molecule has 0 unspecified atom stereocenters. The number of rotatable bonds is 3. The molecule has 3 aromatic rings. The van der Waals surface area contributed by atoms with E-state index in [0.29, 0.717) is 37.2 Å². The molecule has 1 aromatic heterocycles. The highest BCUT2D eigenvalue weighted by atomic mass is 32.1. The van der Waals surface area contributed by atoms with Crippen LogP contribution < -0.4 is 10.2 Å². The van der Waals surface area contributed by atoms with Gasteiger partial charge in [-0.2, -0.15) is 0 Å². The number of hydrogen-bond acceptors (Lipinski definition) is 4. The fourth-order valence-corrected chi connectivity index (χ4v) is 4.31. The summed E-state index contributed by atoms with van der Waals surface area (Å²) in [7, 11) is 0. The van der Waals surface area contributed by atoms with Crippen molar-refractivity contribution in [2.45, 2.75) is 19.8 Å². The second-order valence-electron chi connectivity index (χ2n) is 6.82. The largest absolute Gasteiger partial charge is 0.348 e. The first kappa shape index (κ1) is 17.9. The van der Waals surface area contributed by atoms with Crippen molar-refractivity contribution in [1.29, 1.82) is 0 Å². The number of aromatic nitrogens is 1. The van der Waals surface area contributed by atoms with Gasteiger partial charge >= 0.3 is 0 Å². The molecule has 2 aromatic carbocycles. The Kier molecular flexibility index (Phi) is 4.78. The van der Waals surface area contributed by atoms with Crippen LogP contribution in [0.15, 0.2) is 36.4 Å². The third-order valence-electron chi connectivity index (χ3n) is 4.91. The molecular formula is C20H19F2N3OS. The lowest BCUT2D eigenvalue weighted by molar-refractivity contribution is -0.120. The lowest BCUT2D eigenvalue weighted by Gasteiger charge is -2.31. The fourth-order valence-electron chi connectivity index (χ4n) is 3.27. The standard InChI is InChI=1S/C20H19F2N3OS/c1-12-2-4-15(11-16(12)22)23-19(26)13-6-8-25(9-7-13)20-24-17-5-3-14(21)10-18(17)27-20/h2-5,10-11,13H,6-9H2,1H3,(H,23,26). The first-order valence-corrected chi connectivity index (χ1v) is 9.69. The van der Waals surface area contributed by atoms with E-state index in [1.165, 1.54) is 29.5 Å². The molecule has 1 aliphatic heterocycles. The average Bonchev–Trinajstić information content (AvgIpc) is 3.08. The van der Waals surface area contributed by atoms with Gasteiger partial charge in [0.05, 0.1) is 10.2 Å². The van der Waals surface area contributed by atoms with Crippen molar-refractivity contribution in [3.05, 3.63) is 53.6 Å². The summed E-state index contributed by atoms with van der Waals surface area (Å²) >= 11 is 1.47. The maximum atomic E-state index is 13.6. The van der Waals surface area contributed by atoms with Crippen LogP contribution in [-0.2, 0) is 4.79 Å². The molecule has 7 heteroatoms. The highest BCUT2D eigenvalue weighted by Crippen LogP contribution is 2.32. The molecule has 0 saturated carbocycles. The van der Waals surface area contributed by atoms with E-state index in [0.717, 1.165) is 15.3 Å². The van der Waals surface area contributed by atoms with Gasteiger partial charge < -0.3 is 10.2 Å². The Bertz CT molecular complexity index is 996. The molecule has 1 amide bonds. The minimum atomic E-state index is -0.324. The summed E-state index contributed by atoms with van der Waals surface area (Å²) in [6, 6.07) is 9.32. The third-order valence-corrected chi connectivity index (χ3v) is 5.99. The van der Waals surface area contributed by atoms with Gasteiger partial charge in [-0.15, -0.1) is 0 Å². The predicted molar refractivity (Wildman–Crippen MR) is 104 cm³/mol. The summed E-state index contributed by atoms with van der Waals surface area (Å²) in [6.45, 7) is 3.11. The number of nitrogens with zero attached hydrogens (tertiary/aromatic N) is 2. The summed E-state index contributed by atoms with van der Waals surface area (Å²) in [5.41, 5.74) is 1.83. The molecule has 0 bridgehead atoms. The van der Waals surface area contributed by atoms with Crippen LogP contribution in [0.3, 0.4) is 0 Å². The highest BCUT2D eigenvalue weighted by molar-refractivity contribution is 7.22. The van der Waals surface area contributed by atoms with Crippen LogP contribution in [0.4, 0.5) is 19.6 Å². The number of carbonyl (C=O) groups excluding carboxylic acids is 1. The topological polar surface area (TPSA) is 45.2 Å². The summed E-state index contributed by atoms with van der Waals surface area (Å²) in [4.78, 5) is 19.2. The van der Waals surface area contributed by atoms with Crippen LogP contribution in [-0.4, -0.2) is 24.0 Å². The number of hydrogen-bond donors (Lipinski definition) is 1. The second kappa shape index (κ2) is 7.23. The zero-order chi connectivity index (χ0) is 19.0. The summed E-state index contributed by atoms with van der Waals surface area (Å²) in [5, 5.41) is 3.67. The molecule has 2 heterocycles. The van der Waals surface area contributed by atoms with Crippen molar-refractivity contribution in [2.75, 3.05) is 23.3 Å². The lowest BCUT2D eigenvalue weighted by Crippen LogP contribution is -2.38. The van der Waals surface area contributed by atoms with Crippen LogP contribution in [0.1, 0.15) is 18.4 Å². The van der Waals surface area contributed by atoms with Crippen molar-refractivity contribution >= 4 is 38.3 Å². The number of nitrogens with one attached hydrogen (secondary N) is 1. The van der Waals surface area contributed by atoms with Gasteiger partial charge in [0.2, 0.25) is 5.91 Å². The first-order valence-electron chi connectivity index (χ1n) is 8.87. The van der Waals surface area contributed by atoms with Crippen LogP contribution >= 0.6 is 11.3 Å². The zero-order valence-electron chi connectivity index (χ0n) is 14.8. The van der Waals surface area contributed by atoms with E-state index in [2.05, 4.69) is 15.2 Å². The third kappa shape index (κ3) is 3.78. The monoisotopic (exact) mass is 387 g/mol. The Balaban J connectivity index is 1.38. The fraction of sp³-hybridized carbons (Fsp3) is 0.300. The number of fused-ring (bicyclic) bond motifs is 1. The second-order valence-corrected chi connectivity index (χ2v) is 7.83. The molecule has 0 radical (unpaired) electrons. The van der Waals surface area contributed by atoms with Gasteiger partial charge in [-0.25, -0.2) is 13.8 Å². The molecule has 1 N–H and O–H groups in total.